The van der Waals surface area contributed by atoms with Crippen molar-refractivity contribution in [1.29, 1.82) is 0 Å². The van der Waals surface area contributed by atoms with Gasteiger partial charge in [0.2, 0.25) is 5.91 Å². The van der Waals surface area contributed by atoms with Gasteiger partial charge in [-0.25, -0.2) is 8.78 Å². The Labute approximate surface area is 211 Å². The Balaban J connectivity index is 1.03. The molecule has 0 aliphatic carbocycles. The number of para-hydroxylation sites is 1. The molecule has 2 aromatic carbocycles. The molecule has 2 aromatic rings. The third kappa shape index (κ3) is 4.43. The molecule has 0 aromatic heterocycles. The second-order valence-electron chi connectivity index (χ2n) is 10.9. The van der Waals surface area contributed by atoms with Gasteiger partial charge >= 0.3 is 0 Å². The zero-order valence-electron chi connectivity index (χ0n) is 20.6. The van der Waals surface area contributed by atoms with Crippen LogP contribution in [0.5, 0.6) is 0 Å². The molecule has 4 heterocycles. The first-order valence-corrected chi connectivity index (χ1v) is 13.0. The molecular formula is C29H33F2N3O2. The molecule has 36 heavy (non-hydrogen) atoms. The van der Waals surface area contributed by atoms with E-state index in [0.717, 1.165) is 44.8 Å². The lowest BCUT2D eigenvalue weighted by atomic mass is 9.71. The quantitative estimate of drug-likeness (QED) is 0.514. The summed E-state index contributed by atoms with van der Waals surface area (Å²) < 4.78 is 33.0. The summed E-state index contributed by atoms with van der Waals surface area (Å²) in [6, 6.07) is 12.4. The fraction of sp³-hybridized carbons (Fsp3) is 0.483. The van der Waals surface area contributed by atoms with Gasteiger partial charge < -0.3 is 19.9 Å². The molecule has 3 fully saturated rings. The number of halogens is 2. The van der Waals surface area contributed by atoms with E-state index in [-0.39, 0.29) is 23.5 Å². The number of nitrogens with one attached hydrogen (secondary N) is 1. The van der Waals surface area contributed by atoms with Crippen molar-refractivity contribution in [3.63, 3.8) is 0 Å². The maximum atomic E-state index is 13.4. The highest BCUT2D eigenvalue weighted by atomic mass is 19.1. The summed E-state index contributed by atoms with van der Waals surface area (Å²) in [6.45, 7) is 3.43. The van der Waals surface area contributed by atoms with Gasteiger partial charge in [-0.15, -0.1) is 0 Å². The number of piperidine rings is 2. The van der Waals surface area contributed by atoms with Crippen LogP contribution in [0.25, 0.3) is 6.08 Å². The first-order valence-electron chi connectivity index (χ1n) is 13.0. The van der Waals surface area contributed by atoms with E-state index in [2.05, 4.69) is 41.5 Å². The van der Waals surface area contributed by atoms with Crippen molar-refractivity contribution >= 4 is 17.7 Å². The summed E-state index contributed by atoms with van der Waals surface area (Å²) in [4.78, 5) is 16.8. The average Bonchev–Trinajstić information content (AvgIpc) is 3.63. The van der Waals surface area contributed by atoms with Crippen LogP contribution in [0.3, 0.4) is 0 Å². The number of carbonyl (C=O) groups is 1. The van der Waals surface area contributed by atoms with Crippen molar-refractivity contribution < 1.29 is 18.3 Å². The van der Waals surface area contributed by atoms with Crippen molar-refractivity contribution in [1.82, 2.24) is 10.2 Å². The average molecular weight is 494 g/mol. The zero-order chi connectivity index (χ0) is 24.9. The number of rotatable bonds is 4. The van der Waals surface area contributed by atoms with E-state index >= 15 is 0 Å². The summed E-state index contributed by atoms with van der Waals surface area (Å²) in [7, 11) is 2.20. The number of benzene rings is 2. The SMILES string of the molecule is CN1CC2(CCNC(C3OC3C3CCN(C(=O)/C=C/c4cc(F)cc(F)c4)CC3)C2)c2ccccc21. The minimum atomic E-state index is -0.649. The predicted molar refractivity (Wildman–Crippen MR) is 136 cm³/mol. The highest BCUT2D eigenvalue weighted by molar-refractivity contribution is 5.91. The second-order valence-corrected chi connectivity index (χ2v) is 10.9. The van der Waals surface area contributed by atoms with Crippen molar-refractivity contribution in [2.24, 2.45) is 5.92 Å². The molecule has 0 bridgehead atoms. The Kier molecular flexibility index (Phi) is 6.08. The Morgan fingerprint density at radius 3 is 2.64 bits per heavy atom. The number of epoxide rings is 1. The van der Waals surface area contributed by atoms with Crippen LogP contribution in [0.15, 0.2) is 48.5 Å². The molecule has 7 heteroatoms. The minimum absolute atomic E-state index is 0.119. The molecule has 4 aliphatic rings. The van der Waals surface area contributed by atoms with Crippen LogP contribution in [-0.2, 0) is 14.9 Å². The molecule has 1 N–H and O–H groups in total. The molecule has 5 nitrogen and oxygen atoms in total. The standard InChI is InChI=1S/C29H33F2N3O2/c1-33-18-29(23-4-2-3-5-25(23)33)10-11-32-24(17-29)28-27(36-28)20-8-12-34(13-9-20)26(35)7-6-19-14-21(30)16-22(31)15-19/h2-7,14-16,20,24,27-28,32H,8-13,17-18H2,1H3/b7-6+. The molecule has 4 aliphatic heterocycles. The number of hydrogen-bond donors (Lipinski definition) is 1. The molecule has 4 atom stereocenters. The van der Waals surface area contributed by atoms with Crippen LogP contribution in [-0.4, -0.2) is 62.3 Å². The Morgan fingerprint density at radius 2 is 1.86 bits per heavy atom. The van der Waals surface area contributed by atoms with Gasteiger partial charge in [0.25, 0.3) is 0 Å². The molecule has 1 amide bonds. The number of nitrogens with zero attached hydrogens (tertiary/aromatic N) is 2. The van der Waals surface area contributed by atoms with Crippen LogP contribution in [0.4, 0.5) is 14.5 Å². The maximum absolute atomic E-state index is 13.4. The topological polar surface area (TPSA) is 48.1 Å². The number of hydrogen-bond acceptors (Lipinski definition) is 4. The van der Waals surface area contributed by atoms with Gasteiger partial charge in [0.05, 0.1) is 12.2 Å². The Hall–Kier alpha value is -2.77. The Bertz CT molecular complexity index is 1160. The maximum Gasteiger partial charge on any atom is 0.246 e. The van der Waals surface area contributed by atoms with E-state index in [1.54, 1.807) is 0 Å². The number of ether oxygens (including phenoxy) is 1. The second kappa shape index (κ2) is 9.27. The van der Waals surface area contributed by atoms with E-state index in [0.29, 0.717) is 30.6 Å². The number of anilines is 1. The monoisotopic (exact) mass is 493 g/mol. The molecule has 1 spiro atoms. The van der Waals surface area contributed by atoms with Crippen LogP contribution in [0.1, 0.15) is 36.8 Å². The predicted octanol–water partition coefficient (Wildman–Crippen LogP) is 4.12. The van der Waals surface area contributed by atoms with Crippen LogP contribution >= 0.6 is 0 Å². The normalized spacial score (nSPS) is 30.2. The lowest BCUT2D eigenvalue weighted by Crippen LogP contribution is -2.51. The number of likely N-dealkylation sites (tertiary alicyclic amines) is 1. The summed E-state index contributed by atoms with van der Waals surface area (Å²) in [5.74, 6) is -0.960. The van der Waals surface area contributed by atoms with Crippen molar-refractivity contribution in [2.75, 3.05) is 38.1 Å². The molecule has 190 valence electrons. The van der Waals surface area contributed by atoms with E-state index in [1.807, 2.05) is 4.90 Å². The lowest BCUT2D eigenvalue weighted by Gasteiger charge is -2.39. The lowest BCUT2D eigenvalue weighted by molar-refractivity contribution is -0.127. The van der Waals surface area contributed by atoms with Gasteiger partial charge in [-0.05, 0) is 73.5 Å². The number of carbonyl (C=O) groups excluding carboxylic acids is 1. The highest BCUT2D eigenvalue weighted by Gasteiger charge is 2.54. The molecule has 0 radical (unpaired) electrons. The van der Waals surface area contributed by atoms with Crippen molar-refractivity contribution in [3.05, 3.63) is 71.3 Å². The first-order chi connectivity index (χ1) is 17.4. The number of amides is 1. The van der Waals surface area contributed by atoms with Gasteiger partial charge in [-0.2, -0.15) is 0 Å². The van der Waals surface area contributed by atoms with Gasteiger partial charge in [0.15, 0.2) is 0 Å². The third-order valence-electron chi connectivity index (χ3n) is 8.62. The number of fused-ring (bicyclic) bond motifs is 2. The first kappa shape index (κ1) is 23.6. The van der Waals surface area contributed by atoms with Crippen molar-refractivity contribution in [3.8, 4) is 0 Å². The number of likely N-dealkylation sites (N-methyl/N-ethyl adjacent to an activating group) is 1. The smallest absolute Gasteiger partial charge is 0.246 e. The minimum Gasteiger partial charge on any atom is -0.373 e. The summed E-state index contributed by atoms with van der Waals surface area (Å²) in [6.07, 6.45) is 7.47. The summed E-state index contributed by atoms with van der Waals surface area (Å²) >= 11 is 0. The summed E-state index contributed by atoms with van der Waals surface area (Å²) in [5.41, 5.74) is 3.39. The van der Waals surface area contributed by atoms with Crippen LogP contribution in [0.2, 0.25) is 0 Å². The third-order valence-corrected chi connectivity index (χ3v) is 8.62. The van der Waals surface area contributed by atoms with Gasteiger partial charge in [0.1, 0.15) is 11.6 Å². The van der Waals surface area contributed by atoms with E-state index in [9.17, 15) is 13.6 Å². The molecular weight excluding hydrogens is 460 g/mol. The molecule has 0 saturated carbocycles. The fourth-order valence-corrected chi connectivity index (χ4v) is 6.82. The van der Waals surface area contributed by atoms with Gasteiger partial charge in [-0.3, -0.25) is 4.79 Å². The fourth-order valence-electron chi connectivity index (χ4n) is 6.82. The van der Waals surface area contributed by atoms with Crippen LogP contribution < -0.4 is 10.2 Å². The van der Waals surface area contributed by atoms with Gasteiger partial charge in [-0.1, -0.05) is 18.2 Å². The largest absolute Gasteiger partial charge is 0.373 e. The zero-order valence-corrected chi connectivity index (χ0v) is 20.6. The Morgan fingerprint density at radius 1 is 1.11 bits per heavy atom. The van der Waals surface area contributed by atoms with E-state index in [1.165, 1.54) is 35.5 Å². The highest BCUT2D eigenvalue weighted by Crippen LogP contribution is 2.49. The molecule has 3 saturated heterocycles. The van der Waals surface area contributed by atoms with Gasteiger partial charge in [0, 0.05) is 56.0 Å². The van der Waals surface area contributed by atoms with Crippen molar-refractivity contribution in [2.45, 2.75) is 49.3 Å². The summed E-state index contributed by atoms with van der Waals surface area (Å²) in [5, 5.41) is 3.74. The van der Waals surface area contributed by atoms with E-state index < -0.39 is 11.6 Å². The molecule has 4 unspecified atom stereocenters. The van der Waals surface area contributed by atoms with Crippen LogP contribution in [0, 0.1) is 17.6 Å². The van der Waals surface area contributed by atoms with E-state index in [4.69, 9.17) is 4.74 Å². The molecule has 6 rings (SSSR count).